The monoisotopic (exact) mass is 489 g/mol. The quantitative estimate of drug-likeness (QED) is 0.370. The van der Waals surface area contributed by atoms with E-state index in [0.717, 1.165) is 35.3 Å². The number of pyridine rings is 2. The van der Waals surface area contributed by atoms with Crippen molar-refractivity contribution in [3.8, 4) is 0 Å². The average molecular weight is 490 g/mol. The van der Waals surface area contributed by atoms with Gasteiger partial charge in [-0.05, 0) is 73.9 Å². The molecule has 35 heavy (non-hydrogen) atoms. The zero-order valence-electron chi connectivity index (χ0n) is 19.6. The lowest BCUT2D eigenvalue weighted by molar-refractivity contribution is 0.0730. The lowest BCUT2D eigenvalue weighted by Crippen LogP contribution is -2.40. The zero-order valence-corrected chi connectivity index (χ0v) is 20.4. The van der Waals surface area contributed by atoms with E-state index in [0.29, 0.717) is 37.4 Å². The second-order valence-electron chi connectivity index (χ2n) is 8.59. The molecule has 180 valence electrons. The Balaban J connectivity index is 1.45. The standard InChI is InChI=1S/C27H27N3O4S/c1-20-24(13-10-22-6-2-4-14-28-22)30-15-5-3-7-25(30)26(20)27(31)21-8-11-23(12-9-21)35(32,33)29-16-18-34-19-17-29/h2-9,11-12,14-15H,10,13,16-19H2,1H3. The third kappa shape index (κ3) is 4.52. The first-order chi connectivity index (χ1) is 17.0. The van der Waals surface area contributed by atoms with Gasteiger partial charge in [0.1, 0.15) is 0 Å². The fourth-order valence-corrected chi connectivity index (χ4v) is 6.05. The Kier molecular flexibility index (Phi) is 6.51. The van der Waals surface area contributed by atoms with Gasteiger partial charge in [-0.2, -0.15) is 4.31 Å². The minimum Gasteiger partial charge on any atom is -0.379 e. The lowest BCUT2D eigenvalue weighted by Gasteiger charge is -2.26. The Morgan fingerprint density at radius 1 is 0.971 bits per heavy atom. The maximum Gasteiger partial charge on any atom is 0.243 e. The summed E-state index contributed by atoms with van der Waals surface area (Å²) >= 11 is 0. The molecule has 0 spiro atoms. The van der Waals surface area contributed by atoms with Gasteiger partial charge in [0.25, 0.3) is 0 Å². The van der Waals surface area contributed by atoms with Crippen LogP contribution in [-0.4, -0.2) is 54.2 Å². The molecule has 4 heterocycles. The van der Waals surface area contributed by atoms with Crippen LogP contribution in [0.1, 0.15) is 32.9 Å². The summed E-state index contributed by atoms with van der Waals surface area (Å²) in [5.41, 5.74) is 4.95. The first-order valence-corrected chi connectivity index (χ1v) is 13.1. The number of ketones is 1. The van der Waals surface area contributed by atoms with Gasteiger partial charge in [-0.3, -0.25) is 9.78 Å². The van der Waals surface area contributed by atoms with Crippen molar-refractivity contribution in [3.05, 3.63) is 101 Å². The first kappa shape index (κ1) is 23.4. The maximum atomic E-state index is 13.6. The molecular weight excluding hydrogens is 462 g/mol. The predicted octanol–water partition coefficient (Wildman–Crippen LogP) is 3.68. The van der Waals surface area contributed by atoms with Crippen LogP contribution in [0.3, 0.4) is 0 Å². The number of aryl methyl sites for hydroxylation is 2. The van der Waals surface area contributed by atoms with Gasteiger partial charge in [-0.25, -0.2) is 8.42 Å². The number of sulfonamides is 1. The molecule has 0 radical (unpaired) electrons. The molecular formula is C27H27N3O4S. The molecule has 7 nitrogen and oxygen atoms in total. The van der Waals surface area contributed by atoms with Gasteiger partial charge < -0.3 is 9.14 Å². The molecule has 8 heteroatoms. The highest BCUT2D eigenvalue weighted by Gasteiger charge is 2.27. The molecule has 0 N–H and O–H groups in total. The molecule has 0 aliphatic carbocycles. The van der Waals surface area contributed by atoms with Crippen molar-refractivity contribution >= 4 is 21.3 Å². The second-order valence-corrected chi connectivity index (χ2v) is 10.5. The van der Waals surface area contributed by atoms with E-state index in [-0.39, 0.29) is 10.7 Å². The molecule has 0 unspecified atom stereocenters. The topological polar surface area (TPSA) is 81.0 Å². The largest absolute Gasteiger partial charge is 0.379 e. The predicted molar refractivity (Wildman–Crippen MR) is 133 cm³/mol. The molecule has 1 fully saturated rings. The van der Waals surface area contributed by atoms with Crippen molar-refractivity contribution in [1.29, 1.82) is 0 Å². The third-order valence-corrected chi connectivity index (χ3v) is 8.42. The van der Waals surface area contributed by atoms with Crippen molar-refractivity contribution in [3.63, 3.8) is 0 Å². The number of hydrogen-bond donors (Lipinski definition) is 0. The smallest absolute Gasteiger partial charge is 0.243 e. The van der Waals surface area contributed by atoms with Gasteiger partial charge >= 0.3 is 0 Å². The van der Waals surface area contributed by atoms with E-state index in [1.165, 1.54) is 16.4 Å². The highest BCUT2D eigenvalue weighted by Crippen LogP contribution is 2.28. The number of nitrogens with zero attached hydrogens (tertiary/aromatic N) is 3. The molecule has 4 aromatic rings. The molecule has 1 aliphatic rings. The highest BCUT2D eigenvalue weighted by molar-refractivity contribution is 7.89. The van der Waals surface area contributed by atoms with Gasteiger partial charge in [0.2, 0.25) is 10.0 Å². The summed E-state index contributed by atoms with van der Waals surface area (Å²) < 4.78 is 34.6. The number of fused-ring (bicyclic) bond motifs is 1. The van der Waals surface area contributed by atoms with Crippen LogP contribution in [0.5, 0.6) is 0 Å². The summed E-state index contributed by atoms with van der Waals surface area (Å²) in [6.07, 6.45) is 5.28. The van der Waals surface area contributed by atoms with E-state index in [1.807, 2.05) is 49.5 Å². The van der Waals surface area contributed by atoms with Crippen molar-refractivity contribution in [1.82, 2.24) is 13.7 Å². The summed E-state index contributed by atoms with van der Waals surface area (Å²) in [5.74, 6) is -0.120. The van der Waals surface area contributed by atoms with Crippen molar-refractivity contribution < 1.29 is 17.9 Å². The number of carbonyl (C=O) groups is 1. The number of carbonyl (C=O) groups excluding carboxylic acids is 1. The zero-order chi connectivity index (χ0) is 24.4. The van der Waals surface area contributed by atoms with E-state index >= 15 is 0 Å². The fraction of sp³-hybridized carbons (Fsp3) is 0.259. The molecule has 0 atom stereocenters. The van der Waals surface area contributed by atoms with Crippen LogP contribution in [0.4, 0.5) is 0 Å². The summed E-state index contributed by atoms with van der Waals surface area (Å²) in [7, 11) is -3.61. The van der Waals surface area contributed by atoms with Crippen LogP contribution in [0.15, 0.2) is 78.0 Å². The maximum absolute atomic E-state index is 13.6. The number of benzene rings is 1. The van der Waals surface area contributed by atoms with Crippen LogP contribution in [0.2, 0.25) is 0 Å². The molecule has 1 aromatic carbocycles. The Labute approximate surface area is 205 Å². The van der Waals surface area contributed by atoms with Crippen molar-refractivity contribution in [2.24, 2.45) is 0 Å². The van der Waals surface area contributed by atoms with Crippen molar-refractivity contribution in [2.75, 3.05) is 26.3 Å². The summed E-state index contributed by atoms with van der Waals surface area (Å²) in [5, 5.41) is 0. The minimum atomic E-state index is -3.61. The van der Waals surface area contributed by atoms with Crippen LogP contribution in [0, 0.1) is 6.92 Å². The first-order valence-electron chi connectivity index (χ1n) is 11.7. The van der Waals surface area contributed by atoms with Crippen LogP contribution >= 0.6 is 0 Å². The van der Waals surface area contributed by atoms with Gasteiger partial charge in [0, 0.05) is 42.4 Å². The van der Waals surface area contributed by atoms with Crippen molar-refractivity contribution in [2.45, 2.75) is 24.7 Å². The number of morpholine rings is 1. The Bertz CT molecular complexity index is 1460. The number of rotatable bonds is 7. The number of ether oxygens (including phenoxy) is 1. The van der Waals surface area contributed by atoms with Crippen LogP contribution < -0.4 is 0 Å². The van der Waals surface area contributed by atoms with Gasteiger partial charge in [0.15, 0.2) is 5.78 Å². The minimum absolute atomic E-state index is 0.120. The molecule has 3 aromatic heterocycles. The van der Waals surface area contributed by atoms with E-state index < -0.39 is 10.0 Å². The van der Waals surface area contributed by atoms with E-state index in [9.17, 15) is 13.2 Å². The molecule has 1 saturated heterocycles. The molecule has 0 saturated carbocycles. The summed E-state index contributed by atoms with van der Waals surface area (Å²) in [6.45, 7) is 3.42. The van der Waals surface area contributed by atoms with E-state index in [1.54, 1.807) is 18.3 Å². The fourth-order valence-electron chi connectivity index (χ4n) is 4.64. The van der Waals surface area contributed by atoms with E-state index in [2.05, 4.69) is 9.38 Å². The second kappa shape index (κ2) is 9.73. The molecule has 5 rings (SSSR count). The lowest BCUT2D eigenvalue weighted by atomic mass is 9.99. The molecule has 0 amide bonds. The Hall–Kier alpha value is -3.33. The van der Waals surface area contributed by atoms with Gasteiger partial charge in [0.05, 0.1) is 29.2 Å². The van der Waals surface area contributed by atoms with Crippen LogP contribution in [-0.2, 0) is 27.6 Å². The normalized spacial score (nSPS) is 14.9. The Morgan fingerprint density at radius 3 is 2.43 bits per heavy atom. The average Bonchev–Trinajstić information content (AvgIpc) is 3.19. The van der Waals surface area contributed by atoms with E-state index in [4.69, 9.17) is 4.74 Å². The highest BCUT2D eigenvalue weighted by atomic mass is 32.2. The Morgan fingerprint density at radius 2 is 1.71 bits per heavy atom. The number of aromatic nitrogens is 2. The number of hydrogen-bond acceptors (Lipinski definition) is 5. The third-order valence-electron chi connectivity index (χ3n) is 6.51. The van der Waals surface area contributed by atoms with Crippen LogP contribution in [0.25, 0.3) is 5.52 Å². The molecule has 0 bridgehead atoms. The SMILES string of the molecule is Cc1c(C(=O)c2ccc(S(=O)(=O)N3CCOCC3)cc2)c2ccccn2c1CCc1ccccn1. The van der Waals surface area contributed by atoms with Gasteiger partial charge in [-0.15, -0.1) is 0 Å². The summed E-state index contributed by atoms with van der Waals surface area (Å²) in [4.78, 5) is 18.2. The summed E-state index contributed by atoms with van der Waals surface area (Å²) in [6, 6.07) is 18.0. The molecule has 1 aliphatic heterocycles. The van der Waals surface area contributed by atoms with Gasteiger partial charge in [-0.1, -0.05) is 12.1 Å².